The van der Waals surface area contributed by atoms with E-state index in [1.54, 1.807) is 55.4 Å². The fourth-order valence-corrected chi connectivity index (χ4v) is 13.3. The number of carbonyl (C=O) groups is 20. The summed E-state index contributed by atoms with van der Waals surface area (Å²) in [4.78, 5) is 271. The van der Waals surface area contributed by atoms with Crippen LogP contribution in [0.25, 0.3) is 0 Å². The molecule has 15 atom stereocenters. The summed E-state index contributed by atoms with van der Waals surface area (Å²) in [5.41, 5.74) is 11.3. The average molecular weight is 1670 g/mol. The number of carbonyl (C=O) groups excluding carboxylic acids is 16. The lowest BCUT2D eigenvalue weighted by Crippen LogP contribution is -2.61. The van der Waals surface area contributed by atoms with Gasteiger partial charge in [-0.15, -0.1) is 0 Å². The Morgan fingerprint density at radius 1 is 0.405 bits per heavy atom. The number of nitrogens with zero attached hydrogens (tertiary/aromatic N) is 2. The van der Waals surface area contributed by atoms with Gasteiger partial charge in [-0.3, -0.25) is 95.9 Å². The molecule has 0 saturated carbocycles. The van der Waals surface area contributed by atoms with Gasteiger partial charge in [-0.05, 0) is 141 Å². The Morgan fingerprint density at radius 3 is 1.32 bits per heavy atom. The number of likely N-dealkylation sites (tertiary alicyclic amines) is 2. The SMILES string of the molecule is CC(C)C[C@H](NC(=O)[C@H](CC(=O)O)NC(=O)[C@H](CCC(N)=O)NC(=O)[C@H](CCCCN)NC(=O)[C@@H](NC(=O)[C@H](CC(C)C)NC(=O)[C@@H]1CCCN1C(=O)[C@@H](NC(=O)[C@@H]1CCCN1C(=O)[C@H](CCC(=O)O)NC(=O)[C@H](C)NC(=O)[C@H](C)NC(=O)[C@@H]1CCCN1)C(C)C)C(C)C)C(=O)N[C@@H](CCC(=O)O)C(=O)N[C@@H](CS)C(=O)NCC(=O)O. The summed E-state index contributed by atoms with van der Waals surface area (Å²) in [6, 6.07) is -21.1. The van der Waals surface area contributed by atoms with Crippen molar-refractivity contribution >= 4 is 131 Å². The van der Waals surface area contributed by atoms with E-state index in [0.717, 1.165) is 6.42 Å². The van der Waals surface area contributed by atoms with E-state index in [1.807, 2.05) is 0 Å². The highest BCUT2D eigenvalue weighted by Gasteiger charge is 2.45. The topological polar surface area (TPSA) is 649 Å². The first-order chi connectivity index (χ1) is 54.4. The van der Waals surface area contributed by atoms with E-state index in [2.05, 4.69) is 87.1 Å². The van der Waals surface area contributed by atoms with Crippen LogP contribution in [0.2, 0.25) is 0 Å². The molecule has 3 fully saturated rings. The Hall–Kier alpha value is -10.3. The van der Waals surface area contributed by atoms with Gasteiger partial charge in [-0.1, -0.05) is 55.4 Å². The van der Waals surface area contributed by atoms with Gasteiger partial charge in [0.2, 0.25) is 94.5 Å². The van der Waals surface area contributed by atoms with E-state index < -0.39 is 278 Å². The van der Waals surface area contributed by atoms with Crippen molar-refractivity contribution in [2.75, 3.05) is 38.5 Å². The zero-order valence-corrected chi connectivity index (χ0v) is 68.3. The fraction of sp³-hybridized carbons (Fsp3) is 0.726. The molecule has 3 rings (SSSR count). The molecule has 3 heterocycles. The molecule has 0 bridgehead atoms. The Balaban J connectivity index is 1.85. The van der Waals surface area contributed by atoms with Crippen molar-refractivity contribution in [1.29, 1.82) is 0 Å². The molecule has 42 nitrogen and oxygen atoms in total. The van der Waals surface area contributed by atoms with E-state index in [-0.39, 0.29) is 69.8 Å². The van der Waals surface area contributed by atoms with Crippen LogP contribution in [0.1, 0.15) is 185 Å². The van der Waals surface area contributed by atoms with E-state index in [0.29, 0.717) is 32.2 Å². The average Bonchev–Trinajstić information content (AvgIpc) is 1.62. The van der Waals surface area contributed by atoms with Crippen LogP contribution < -0.4 is 85.9 Å². The van der Waals surface area contributed by atoms with Gasteiger partial charge in [-0.2, -0.15) is 12.6 Å². The van der Waals surface area contributed by atoms with Crippen molar-refractivity contribution in [1.82, 2.24) is 84.2 Å². The Kier molecular flexibility index (Phi) is 42.7. The highest BCUT2D eigenvalue weighted by Crippen LogP contribution is 2.25. The van der Waals surface area contributed by atoms with E-state index in [9.17, 15) is 111 Å². The van der Waals surface area contributed by atoms with Gasteiger partial charge in [0.1, 0.15) is 91.1 Å². The zero-order chi connectivity index (χ0) is 87.5. The molecule has 43 heteroatoms. The van der Waals surface area contributed by atoms with Crippen molar-refractivity contribution in [2.24, 2.45) is 35.1 Å². The minimum Gasteiger partial charge on any atom is -0.481 e. The molecule has 22 N–H and O–H groups in total. The third kappa shape index (κ3) is 33.9. The lowest BCUT2D eigenvalue weighted by molar-refractivity contribution is -0.145. The standard InChI is InChI=1S/C73H120N18O24S/c1-35(2)30-46(66(108)81-44(21-24-53(93)94)65(107)87-49(34-116)61(103)77-33-56(99)100)84-67(109)48(32-55(97)98)85-64(106)43(20-23-52(75)92)80-63(105)42(16-11-12-26-74)82-71(113)57(37(5)6)88-68(110)47(31-36(3)4)86-69(111)50-18-15-29-91(50)73(115)58(38(7)8)89-70(112)51-19-14-28-90(51)72(114)45(22-25-54(95)96)83-60(102)40(10)78-59(101)39(9)79-62(104)41-17-13-27-76-41/h35-51,57-58,76,116H,11-34,74H2,1-10H3,(H2,75,92)(H,77,103)(H,78,101)(H,79,104)(H,80,105)(H,81,108)(H,82,113)(H,83,102)(H,84,109)(H,85,106)(H,86,111)(H,87,107)(H,88,110)(H,89,112)(H,93,94)(H,95,96)(H,97,98)(H,99,100)/t39-,40-,41-,42-,43-,44-,45-,46-,47-,48-,49-,50-,51-,57-,58-/m0/s1. The second kappa shape index (κ2) is 49.6. The quantitative estimate of drug-likeness (QED) is 0.0200. The maximum absolute atomic E-state index is 14.7. The first-order valence-corrected chi connectivity index (χ1v) is 39.8. The van der Waals surface area contributed by atoms with Gasteiger partial charge < -0.3 is 116 Å². The summed E-state index contributed by atoms with van der Waals surface area (Å²) in [6.45, 7) is 15.8. The molecular formula is C73H120N18O24S. The van der Waals surface area contributed by atoms with Crippen LogP contribution in [0.15, 0.2) is 0 Å². The van der Waals surface area contributed by atoms with Crippen LogP contribution in [0, 0.1) is 23.7 Å². The molecule has 3 aliphatic rings. The van der Waals surface area contributed by atoms with Gasteiger partial charge in [0.05, 0.1) is 12.5 Å². The largest absolute Gasteiger partial charge is 0.481 e. The molecule has 16 amide bonds. The number of rotatable bonds is 51. The number of hydrogen-bond acceptors (Lipinski definition) is 23. The molecule has 3 aliphatic heterocycles. The Morgan fingerprint density at radius 2 is 0.836 bits per heavy atom. The minimum atomic E-state index is -2.06. The molecule has 0 radical (unpaired) electrons. The highest BCUT2D eigenvalue weighted by atomic mass is 32.1. The first-order valence-electron chi connectivity index (χ1n) is 39.1. The number of thiol groups is 1. The number of amides is 16. The molecule has 0 spiro atoms. The fourth-order valence-electron chi connectivity index (χ4n) is 13.1. The zero-order valence-electron chi connectivity index (χ0n) is 67.4. The molecule has 3 saturated heterocycles. The lowest BCUT2D eigenvalue weighted by Gasteiger charge is -2.33. The number of aliphatic carboxylic acids is 4. The summed E-state index contributed by atoms with van der Waals surface area (Å²) >= 11 is 4.02. The number of nitrogens with one attached hydrogen (secondary N) is 14. The molecule has 0 aromatic carbocycles. The summed E-state index contributed by atoms with van der Waals surface area (Å²) in [5.74, 6) is -22.9. The number of primary amides is 1. The smallest absolute Gasteiger partial charge is 0.322 e. The molecule has 116 heavy (non-hydrogen) atoms. The Bertz CT molecular complexity index is 3510. The second-order valence-electron chi connectivity index (χ2n) is 30.7. The molecule has 0 aromatic rings. The van der Waals surface area contributed by atoms with Gasteiger partial charge in [0.25, 0.3) is 0 Å². The van der Waals surface area contributed by atoms with Crippen molar-refractivity contribution in [3.8, 4) is 0 Å². The van der Waals surface area contributed by atoms with Crippen LogP contribution >= 0.6 is 12.6 Å². The van der Waals surface area contributed by atoms with E-state index in [1.165, 1.54) is 23.6 Å². The van der Waals surface area contributed by atoms with E-state index >= 15 is 0 Å². The van der Waals surface area contributed by atoms with Crippen molar-refractivity contribution in [3.63, 3.8) is 0 Å². The summed E-state index contributed by atoms with van der Waals surface area (Å²) in [7, 11) is 0. The highest BCUT2D eigenvalue weighted by molar-refractivity contribution is 7.80. The number of carboxylic acids is 4. The number of hydrogen-bond donors (Lipinski definition) is 21. The van der Waals surface area contributed by atoms with Gasteiger partial charge in [-0.25, -0.2) is 0 Å². The van der Waals surface area contributed by atoms with Crippen LogP contribution in [0.3, 0.4) is 0 Å². The maximum Gasteiger partial charge on any atom is 0.322 e. The predicted octanol–water partition coefficient (Wildman–Crippen LogP) is -5.29. The molecule has 652 valence electrons. The molecule has 0 unspecified atom stereocenters. The minimum absolute atomic E-state index is 0.00187. The summed E-state index contributed by atoms with van der Waals surface area (Å²) in [5, 5.41) is 73.1. The molecule has 0 aromatic heterocycles. The van der Waals surface area contributed by atoms with Crippen LogP contribution in [0.4, 0.5) is 0 Å². The van der Waals surface area contributed by atoms with Crippen molar-refractivity contribution < 1.29 is 116 Å². The van der Waals surface area contributed by atoms with Crippen LogP contribution in [0.5, 0.6) is 0 Å². The second-order valence-corrected chi connectivity index (χ2v) is 31.1. The maximum atomic E-state index is 14.7. The van der Waals surface area contributed by atoms with Crippen molar-refractivity contribution in [3.05, 3.63) is 0 Å². The predicted molar refractivity (Wildman–Crippen MR) is 415 cm³/mol. The number of unbranched alkanes of at least 4 members (excludes halogenated alkanes) is 1. The van der Waals surface area contributed by atoms with Crippen LogP contribution in [-0.4, -0.2) is 278 Å². The number of nitrogens with two attached hydrogens (primary N) is 2. The lowest BCUT2D eigenvalue weighted by atomic mass is 9.98. The van der Waals surface area contributed by atoms with Gasteiger partial charge in [0, 0.05) is 38.1 Å². The monoisotopic (exact) mass is 1660 g/mol. The summed E-state index contributed by atoms with van der Waals surface area (Å²) in [6.07, 6.45) is -2.38. The molecule has 0 aliphatic carbocycles. The summed E-state index contributed by atoms with van der Waals surface area (Å²) < 4.78 is 0. The third-order valence-electron chi connectivity index (χ3n) is 19.4. The van der Waals surface area contributed by atoms with Crippen LogP contribution in [-0.2, 0) is 95.9 Å². The van der Waals surface area contributed by atoms with E-state index in [4.69, 9.17) is 16.6 Å². The van der Waals surface area contributed by atoms with Gasteiger partial charge >= 0.3 is 23.9 Å². The number of carboxylic acid groups (broad SMARTS) is 4. The normalized spacial score (nSPS) is 18.3. The van der Waals surface area contributed by atoms with Gasteiger partial charge in [0.15, 0.2) is 0 Å². The third-order valence-corrected chi connectivity index (χ3v) is 19.8. The molecular weight excluding hydrogens is 1540 g/mol. The van der Waals surface area contributed by atoms with Crippen molar-refractivity contribution in [2.45, 2.75) is 275 Å². The first kappa shape index (κ1) is 99.9. The Labute approximate surface area is 677 Å².